The first-order chi connectivity index (χ1) is 6.79. The Morgan fingerprint density at radius 3 is 1.93 bits per heavy atom. The predicted molar refractivity (Wildman–Crippen MR) is 61.4 cm³/mol. The van der Waals surface area contributed by atoms with Gasteiger partial charge in [-0.3, -0.25) is 0 Å². The summed E-state index contributed by atoms with van der Waals surface area (Å²) in [5.74, 6) is 2.13. The first-order valence-electron chi connectivity index (χ1n) is 6.53. The van der Waals surface area contributed by atoms with Crippen molar-refractivity contribution in [3.05, 3.63) is 0 Å². The number of rotatable bonds is 7. The zero-order valence-electron chi connectivity index (χ0n) is 9.84. The van der Waals surface area contributed by atoms with Gasteiger partial charge < -0.3 is 4.90 Å². The van der Waals surface area contributed by atoms with E-state index in [0.717, 1.165) is 17.9 Å². The smallest absolute Gasteiger partial charge is 0.00670 e. The second-order valence-corrected chi connectivity index (χ2v) is 5.48. The summed E-state index contributed by atoms with van der Waals surface area (Å²) in [5.41, 5.74) is 0. The van der Waals surface area contributed by atoms with Crippen molar-refractivity contribution >= 4 is 0 Å². The van der Waals surface area contributed by atoms with E-state index in [1.54, 1.807) is 0 Å². The molecule has 2 saturated carbocycles. The molecule has 0 aromatic heterocycles. The van der Waals surface area contributed by atoms with Gasteiger partial charge in [0.1, 0.15) is 0 Å². The standard InChI is InChI=1S/C13H25N/c1-3-4-11(2)14(9-12-5-6-12)10-13-7-8-13/h11-13H,3-10H2,1-2H3/t11-/m1/s1. The SMILES string of the molecule is CCC[C@@H](C)N(CC1CC1)CC1CC1. The average molecular weight is 195 g/mol. The van der Waals surface area contributed by atoms with Gasteiger partial charge in [0.05, 0.1) is 0 Å². The van der Waals surface area contributed by atoms with Gasteiger partial charge in [-0.15, -0.1) is 0 Å². The number of nitrogens with zero attached hydrogens (tertiary/aromatic N) is 1. The van der Waals surface area contributed by atoms with Gasteiger partial charge in [-0.05, 0) is 50.9 Å². The van der Waals surface area contributed by atoms with Crippen LogP contribution in [0, 0.1) is 11.8 Å². The summed E-state index contributed by atoms with van der Waals surface area (Å²) in [6.07, 6.45) is 8.73. The van der Waals surface area contributed by atoms with Crippen LogP contribution >= 0.6 is 0 Å². The van der Waals surface area contributed by atoms with Gasteiger partial charge in [0.15, 0.2) is 0 Å². The van der Waals surface area contributed by atoms with Crippen molar-refractivity contribution in [1.82, 2.24) is 4.90 Å². The quantitative estimate of drug-likeness (QED) is 0.602. The summed E-state index contributed by atoms with van der Waals surface area (Å²) in [6, 6.07) is 0.834. The first kappa shape index (κ1) is 10.5. The highest BCUT2D eigenvalue weighted by molar-refractivity contribution is 4.84. The Hall–Kier alpha value is -0.0400. The fourth-order valence-electron chi connectivity index (χ4n) is 2.30. The predicted octanol–water partition coefficient (Wildman–Crippen LogP) is 3.30. The topological polar surface area (TPSA) is 3.24 Å². The van der Waals surface area contributed by atoms with Crippen LogP contribution in [0.2, 0.25) is 0 Å². The molecule has 0 radical (unpaired) electrons. The molecule has 0 bridgehead atoms. The fraction of sp³-hybridized carbons (Fsp3) is 1.00. The summed E-state index contributed by atoms with van der Waals surface area (Å²) in [7, 11) is 0. The molecule has 2 fully saturated rings. The molecular weight excluding hydrogens is 170 g/mol. The molecule has 14 heavy (non-hydrogen) atoms. The normalized spacial score (nSPS) is 24.2. The lowest BCUT2D eigenvalue weighted by Gasteiger charge is -2.29. The Bertz CT molecular complexity index is 156. The van der Waals surface area contributed by atoms with E-state index in [4.69, 9.17) is 0 Å². The minimum absolute atomic E-state index is 0.834. The summed E-state index contributed by atoms with van der Waals surface area (Å²) in [6.45, 7) is 7.53. The van der Waals surface area contributed by atoms with Crippen LogP contribution in [0.25, 0.3) is 0 Å². The maximum absolute atomic E-state index is 2.78. The van der Waals surface area contributed by atoms with Gasteiger partial charge in [-0.2, -0.15) is 0 Å². The van der Waals surface area contributed by atoms with Gasteiger partial charge in [-0.1, -0.05) is 13.3 Å². The maximum Gasteiger partial charge on any atom is 0.00670 e. The summed E-state index contributed by atoms with van der Waals surface area (Å²) >= 11 is 0. The van der Waals surface area contributed by atoms with Crippen molar-refractivity contribution < 1.29 is 0 Å². The molecule has 0 aromatic rings. The van der Waals surface area contributed by atoms with Crippen LogP contribution in [0.5, 0.6) is 0 Å². The summed E-state index contributed by atoms with van der Waals surface area (Å²) in [4.78, 5) is 2.78. The van der Waals surface area contributed by atoms with Crippen LogP contribution < -0.4 is 0 Å². The molecule has 0 heterocycles. The molecule has 1 nitrogen and oxygen atoms in total. The molecule has 2 rings (SSSR count). The Labute approximate surface area is 88.9 Å². The zero-order chi connectivity index (χ0) is 9.97. The van der Waals surface area contributed by atoms with Crippen LogP contribution in [-0.2, 0) is 0 Å². The molecule has 0 saturated heterocycles. The van der Waals surface area contributed by atoms with Crippen molar-refractivity contribution in [2.45, 2.75) is 58.4 Å². The Morgan fingerprint density at radius 2 is 1.57 bits per heavy atom. The lowest BCUT2D eigenvalue weighted by Crippen LogP contribution is -2.36. The second kappa shape index (κ2) is 4.65. The van der Waals surface area contributed by atoms with E-state index in [-0.39, 0.29) is 0 Å². The minimum atomic E-state index is 0.834. The zero-order valence-corrected chi connectivity index (χ0v) is 9.84. The van der Waals surface area contributed by atoms with Gasteiger partial charge >= 0.3 is 0 Å². The molecule has 0 spiro atoms. The Balaban J connectivity index is 1.75. The Kier molecular flexibility index (Phi) is 3.48. The van der Waals surface area contributed by atoms with Crippen molar-refractivity contribution in [2.24, 2.45) is 11.8 Å². The minimum Gasteiger partial charge on any atom is -0.300 e. The van der Waals surface area contributed by atoms with Crippen LogP contribution in [0.1, 0.15) is 52.4 Å². The number of hydrogen-bond donors (Lipinski definition) is 0. The average Bonchev–Trinajstić information content (AvgIpc) is 2.97. The van der Waals surface area contributed by atoms with Crippen molar-refractivity contribution in [1.29, 1.82) is 0 Å². The van der Waals surface area contributed by atoms with E-state index in [2.05, 4.69) is 18.7 Å². The largest absolute Gasteiger partial charge is 0.300 e. The van der Waals surface area contributed by atoms with E-state index in [9.17, 15) is 0 Å². The molecule has 0 aliphatic heterocycles. The van der Waals surface area contributed by atoms with Crippen LogP contribution in [0.3, 0.4) is 0 Å². The molecule has 0 unspecified atom stereocenters. The van der Waals surface area contributed by atoms with E-state index < -0.39 is 0 Å². The van der Waals surface area contributed by atoms with Crippen LogP contribution in [0.4, 0.5) is 0 Å². The van der Waals surface area contributed by atoms with Gasteiger partial charge in [-0.25, -0.2) is 0 Å². The third-order valence-corrected chi connectivity index (χ3v) is 3.71. The van der Waals surface area contributed by atoms with Crippen molar-refractivity contribution in [3.8, 4) is 0 Å². The third kappa shape index (κ3) is 3.27. The molecule has 1 heteroatoms. The summed E-state index contributed by atoms with van der Waals surface area (Å²) < 4.78 is 0. The van der Waals surface area contributed by atoms with E-state index in [1.165, 1.54) is 51.6 Å². The van der Waals surface area contributed by atoms with Crippen molar-refractivity contribution in [2.75, 3.05) is 13.1 Å². The fourth-order valence-corrected chi connectivity index (χ4v) is 2.30. The number of hydrogen-bond acceptors (Lipinski definition) is 1. The molecule has 82 valence electrons. The highest BCUT2D eigenvalue weighted by Gasteiger charge is 2.30. The highest BCUT2D eigenvalue weighted by Crippen LogP contribution is 2.34. The molecule has 2 aliphatic rings. The molecule has 0 N–H and O–H groups in total. The Morgan fingerprint density at radius 1 is 1.07 bits per heavy atom. The summed E-state index contributed by atoms with van der Waals surface area (Å²) in [5, 5.41) is 0. The van der Waals surface area contributed by atoms with Crippen LogP contribution in [0.15, 0.2) is 0 Å². The van der Waals surface area contributed by atoms with Gasteiger partial charge in [0.25, 0.3) is 0 Å². The van der Waals surface area contributed by atoms with Crippen molar-refractivity contribution in [3.63, 3.8) is 0 Å². The first-order valence-corrected chi connectivity index (χ1v) is 6.53. The van der Waals surface area contributed by atoms with Gasteiger partial charge in [0, 0.05) is 19.1 Å². The highest BCUT2D eigenvalue weighted by atomic mass is 15.2. The molecule has 2 aliphatic carbocycles. The lowest BCUT2D eigenvalue weighted by molar-refractivity contribution is 0.182. The third-order valence-electron chi connectivity index (χ3n) is 3.71. The van der Waals surface area contributed by atoms with Crippen LogP contribution in [-0.4, -0.2) is 24.0 Å². The van der Waals surface area contributed by atoms with E-state index in [1.807, 2.05) is 0 Å². The lowest BCUT2D eigenvalue weighted by atomic mass is 10.1. The molecule has 0 aromatic carbocycles. The molecule has 1 atom stereocenters. The van der Waals surface area contributed by atoms with E-state index in [0.29, 0.717) is 0 Å². The monoisotopic (exact) mass is 195 g/mol. The maximum atomic E-state index is 2.78. The molecule has 0 amide bonds. The molecular formula is C13H25N. The van der Waals surface area contributed by atoms with Gasteiger partial charge in [0.2, 0.25) is 0 Å². The second-order valence-electron chi connectivity index (χ2n) is 5.48. The van der Waals surface area contributed by atoms with E-state index >= 15 is 0 Å².